The number of hydrogen-bond acceptors (Lipinski definition) is 3. The van der Waals surface area contributed by atoms with Crippen molar-refractivity contribution in [1.29, 1.82) is 0 Å². The molecule has 20 heavy (non-hydrogen) atoms. The predicted octanol–water partition coefficient (Wildman–Crippen LogP) is 3.12. The summed E-state index contributed by atoms with van der Waals surface area (Å²) in [7, 11) is 2.22. The first kappa shape index (κ1) is 15.5. The minimum absolute atomic E-state index is 0.163. The summed E-state index contributed by atoms with van der Waals surface area (Å²) >= 11 is 0. The second-order valence-corrected chi connectivity index (χ2v) is 6.59. The predicted molar refractivity (Wildman–Crippen MR) is 84.5 cm³/mol. The maximum atomic E-state index is 6.18. The number of hydrogen-bond donors (Lipinski definition) is 1. The number of nitrogens with zero attached hydrogens (tertiary/aromatic N) is 2. The summed E-state index contributed by atoms with van der Waals surface area (Å²) in [6.07, 6.45) is 6.37. The Balaban J connectivity index is 2.09. The SMILES string of the molecule is Cc1cccc(CN(C)C2(CN)CCCC(C)CC2)n1. The molecule has 2 atom stereocenters. The molecule has 1 aromatic rings. The van der Waals surface area contributed by atoms with Gasteiger partial charge in [-0.1, -0.05) is 25.8 Å². The van der Waals surface area contributed by atoms with Gasteiger partial charge in [-0.25, -0.2) is 0 Å². The van der Waals surface area contributed by atoms with Crippen LogP contribution in [0.1, 0.15) is 50.4 Å². The van der Waals surface area contributed by atoms with Crippen LogP contribution in [0.4, 0.5) is 0 Å². The van der Waals surface area contributed by atoms with E-state index in [2.05, 4.69) is 49.0 Å². The molecule has 0 amide bonds. The first-order chi connectivity index (χ1) is 9.55. The molecule has 112 valence electrons. The highest BCUT2D eigenvalue weighted by Gasteiger charge is 2.34. The van der Waals surface area contributed by atoms with E-state index in [0.717, 1.165) is 30.4 Å². The molecule has 2 N–H and O–H groups in total. The summed E-state index contributed by atoms with van der Waals surface area (Å²) in [5, 5.41) is 0. The summed E-state index contributed by atoms with van der Waals surface area (Å²) in [4.78, 5) is 7.08. The lowest BCUT2D eigenvalue weighted by Gasteiger charge is -2.41. The van der Waals surface area contributed by atoms with Gasteiger partial charge < -0.3 is 5.73 Å². The lowest BCUT2D eigenvalue weighted by Crippen LogP contribution is -2.51. The van der Waals surface area contributed by atoms with Crippen LogP contribution in [0.15, 0.2) is 18.2 Å². The molecule has 2 rings (SSSR count). The molecule has 0 aliphatic heterocycles. The molecule has 0 spiro atoms. The van der Waals surface area contributed by atoms with E-state index in [1.54, 1.807) is 0 Å². The molecule has 3 heteroatoms. The smallest absolute Gasteiger partial charge is 0.0547 e. The van der Waals surface area contributed by atoms with Crippen molar-refractivity contribution in [2.45, 2.75) is 58.0 Å². The van der Waals surface area contributed by atoms with Crippen LogP contribution in [0, 0.1) is 12.8 Å². The molecule has 3 nitrogen and oxygen atoms in total. The summed E-state index contributed by atoms with van der Waals surface area (Å²) in [6.45, 7) is 6.07. The van der Waals surface area contributed by atoms with Crippen molar-refractivity contribution < 1.29 is 0 Å². The van der Waals surface area contributed by atoms with E-state index in [-0.39, 0.29) is 5.54 Å². The average molecular weight is 275 g/mol. The number of aryl methyl sites for hydroxylation is 1. The van der Waals surface area contributed by atoms with Gasteiger partial charge in [0.05, 0.1) is 5.69 Å². The molecule has 1 aliphatic carbocycles. The summed E-state index contributed by atoms with van der Waals surface area (Å²) in [5.74, 6) is 0.842. The Morgan fingerprint density at radius 1 is 1.35 bits per heavy atom. The zero-order valence-corrected chi connectivity index (χ0v) is 13.2. The lowest BCUT2D eigenvalue weighted by atomic mass is 9.88. The molecule has 0 aromatic carbocycles. The molecule has 2 unspecified atom stereocenters. The Morgan fingerprint density at radius 2 is 2.15 bits per heavy atom. The molecule has 1 aromatic heterocycles. The van der Waals surface area contributed by atoms with E-state index in [4.69, 9.17) is 5.73 Å². The molecule has 0 radical (unpaired) electrons. The number of aromatic nitrogens is 1. The molecule has 0 bridgehead atoms. The summed E-state index contributed by atoms with van der Waals surface area (Å²) in [6, 6.07) is 6.26. The van der Waals surface area contributed by atoms with Crippen LogP contribution in [0.5, 0.6) is 0 Å². The Hall–Kier alpha value is -0.930. The number of nitrogens with two attached hydrogens (primary N) is 1. The zero-order valence-electron chi connectivity index (χ0n) is 13.2. The molecule has 1 saturated carbocycles. The Kier molecular flexibility index (Phi) is 5.17. The van der Waals surface area contributed by atoms with Gasteiger partial charge in [-0.3, -0.25) is 9.88 Å². The van der Waals surface area contributed by atoms with Gasteiger partial charge in [0.1, 0.15) is 0 Å². The van der Waals surface area contributed by atoms with Gasteiger partial charge in [-0.05, 0) is 51.3 Å². The van der Waals surface area contributed by atoms with Gasteiger partial charge in [-0.2, -0.15) is 0 Å². The summed E-state index contributed by atoms with van der Waals surface area (Å²) < 4.78 is 0. The zero-order chi connectivity index (χ0) is 14.6. The van der Waals surface area contributed by atoms with Gasteiger partial charge >= 0.3 is 0 Å². The van der Waals surface area contributed by atoms with E-state index < -0.39 is 0 Å². The van der Waals surface area contributed by atoms with E-state index in [0.29, 0.717) is 0 Å². The van der Waals surface area contributed by atoms with Crippen LogP contribution < -0.4 is 5.73 Å². The second-order valence-electron chi connectivity index (χ2n) is 6.59. The minimum atomic E-state index is 0.163. The van der Waals surface area contributed by atoms with Crippen molar-refractivity contribution in [2.75, 3.05) is 13.6 Å². The topological polar surface area (TPSA) is 42.1 Å². The van der Waals surface area contributed by atoms with Crippen molar-refractivity contribution in [2.24, 2.45) is 11.7 Å². The van der Waals surface area contributed by atoms with Crippen LogP contribution in [0.2, 0.25) is 0 Å². The monoisotopic (exact) mass is 275 g/mol. The number of pyridine rings is 1. The highest BCUT2D eigenvalue weighted by atomic mass is 15.2. The third-order valence-electron chi connectivity index (χ3n) is 4.98. The minimum Gasteiger partial charge on any atom is -0.329 e. The fourth-order valence-electron chi connectivity index (χ4n) is 3.40. The van der Waals surface area contributed by atoms with Crippen molar-refractivity contribution in [1.82, 2.24) is 9.88 Å². The van der Waals surface area contributed by atoms with Gasteiger partial charge in [0.25, 0.3) is 0 Å². The number of rotatable bonds is 4. The van der Waals surface area contributed by atoms with Gasteiger partial charge in [0.2, 0.25) is 0 Å². The van der Waals surface area contributed by atoms with Crippen molar-refractivity contribution >= 4 is 0 Å². The van der Waals surface area contributed by atoms with Crippen LogP contribution in [0.25, 0.3) is 0 Å². The first-order valence-electron chi connectivity index (χ1n) is 7.89. The van der Waals surface area contributed by atoms with Gasteiger partial charge in [0.15, 0.2) is 0 Å². The quantitative estimate of drug-likeness (QED) is 0.859. The third-order valence-corrected chi connectivity index (χ3v) is 4.98. The fraction of sp³-hybridized carbons (Fsp3) is 0.706. The van der Waals surface area contributed by atoms with Crippen LogP contribution >= 0.6 is 0 Å². The lowest BCUT2D eigenvalue weighted by molar-refractivity contribution is 0.0973. The Labute approximate surface area is 123 Å². The van der Waals surface area contributed by atoms with E-state index in [9.17, 15) is 0 Å². The van der Waals surface area contributed by atoms with Crippen molar-refractivity contribution in [3.63, 3.8) is 0 Å². The van der Waals surface area contributed by atoms with E-state index >= 15 is 0 Å². The fourth-order valence-corrected chi connectivity index (χ4v) is 3.40. The molecule has 1 fully saturated rings. The Morgan fingerprint density at radius 3 is 2.85 bits per heavy atom. The largest absolute Gasteiger partial charge is 0.329 e. The van der Waals surface area contributed by atoms with Crippen LogP contribution in [0.3, 0.4) is 0 Å². The molecule has 1 aliphatic rings. The maximum absolute atomic E-state index is 6.18. The number of likely N-dealkylation sites (N-methyl/N-ethyl adjacent to an activating group) is 1. The maximum Gasteiger partial charge on any atom is 0.0547 e. The molecule has 0 saturated heterocycles. The van der Waals surface area contributed by atoms with Gasteiger partial charge in [-0.15, -0.1) is 0 Å². The highest BCUT2D eigenvalue weighted by Crippen LogP contribution is 2.34. The van der Waals surface area contributed by atoms with Crippen molar-refractivity contribution in [3.05, 3.63) is 29.6 Å². The first-order valence-corrected chi connectivity index (χ1v) is 7.89. The third kappa shape index (κ3) is 3.58. The molecular formula is C17H29N3. The molecular weight excluding hydrogens is 246 g/mol. The van der Waals surface area contributed by atoms with Gasteiger partial charge in [0, 0.05) is 24.3 Å². The highest BCUT2D eigenvalue weighted by molar-refractivity contribution is 5.10. The van der Waals surface area contributed by atoms with E-state index in [1.165, 1.54) is 32.1 Å². The molecule has 1 heterocycles. The normalized spacial score (nSPS) is 27.6. The van der Waals surface area contributed by atoms with Crippen LogP contribution in [-0.4, -0.2) is 29.0 Å². The Bertz CT molecular complexity index is 432. The van der Waals surface area contributed by atoms with Crippen molar-refractivity contribution in [3.8, 4) is 0 Å². The standard InChI is InChI=1S/C17H29N3/c1-14-6-5-10-17(13-18,11-9-14)20(3)12-16-8-4-7-15(2)19-16/h4,7-8,14H,5-6,9-13,18H2,1-3H3. The van der Waals surface area contributed by atoms with E-state index in [1.807, 2.05) is 0 Å². The summed E-state index contributed by atoms with van der Waals surface area (Å²) in [5.41, 5.74) is 8.58. The van der Waals surface area contributed by atoms with Crippen LogP contribution in [-0.2, 0) is 6.54 Å². The average Bonchev–Trinajstić information content (AvgIpc) is 2.61. The second kappa shape index (κ2) is 6.68.